The Balaban J connectivity index is 1.39. The van der Waals surface area contributed by atoms with Gasteiger partial charge < -0.3 is 10.6 Å². The number of urea groups is 1. The third-order valence-corrected chi connectivity index (χ3v) is 4.80. The molecule has 2 aromatic carbocycles. The molecule has 3 nitrogen and oxygen atoms in total. The Hall–Kier alpha value is -2.33. The van der Waals surface area contributed by atoms with Crippen molar-refractivity contribution in [3.63, 3.8) is 0 Å². The summed E-state index contributed by atoms with van der Waals surface area (Å²) in [5, 5.41) is 9.30. The van der Waals surface area contributed by atoms with Gasteiger partial charge >= 0.3 is 6.03 Å². The lowest BCUT2D eigenvalue weighted by atomic mass is 10.1. The lowest BCUT2D eigenvalue weighted by molar-refractivity contribution is 0.241. The lowest BCUT2D eigenvalue weighted by Crippen LogP contribution is -2.37. The molecule has 0 atom stereocenters. The molecule has 118 valence electrons. The van der Waals surface area contributed by atoms with Gasteiger partial charge in [-0.05, 0) is 40.8 Å². The number of hydrogen-bond donors (Lipinski definition) is 2. The van der Waals surface area contributed by atoms with Crippen molar-refractivity contribution in [3.8, 4) is 0 Å². The van der Waals surface area contributed by atoms with E-state index in [0.717, 1.165) is 12.8 Å². The van der Waals surface area contributed by atoms with Crippen LogP contribution in [0.1, 0.15) is 11.1 Å². The van der Waals surface area contributed by atoms with Crippen molar-refractivity contribution in [2.75, 3.05) is 13.1 Å². The molecule has 0 aliphatic rings. The summed E-state index contributed by atoms with van der Waals surface area (Å²) in [6.07, 6.45) is 1.71. The molecule has 0 spiro atoms. The largest absolute Gasteiger partial charge is 0.338 e. The fourth-order valence-electron chi connectivity index (χ4n) is 2.56. The zero-order valence-corrected chi connectivity index (χ0v) is 13.7. The predicted octanol–water partition coefficient (Wildman–Crippen LogP) is 3.99. The highest BCUT2D eigenvalue weighted by Crippen LogP contribution is 2.25. The Morgan fingerprint density at radius 2 is 1.57 bits per heavy atom. The first-order valence-electron chi connectivity index (χ1n) is 7.83. The number of nitrogens with one attached hydrogen (secondary N) is 2. The van der Waals surface area contributed by atoms with Gasteiger partial charge in [0, 0.05) is 17.8 Å². The fraction of sp³-hybridized carbons (Fsp3) is 0.211. The van der Waals surface area contributed by atoms with Crippen LogP contribution in [-0.2, 0) is 12.8 Å². The Bertz CT molecular complexity index is 767. The fourth-order valence-corrected chi connectivity index (χ4v) is 3.56. The molecule has 3 rings (SSSR count). The van der Waals surface area contributed by atoms with Crippen LogP contribution >= 0.6 is 11.3 Å². The van der Waals surface area contributed by atoms with Crippen LogP contribution in [0.5, 0.6) is 0 Å². The zero-order chi connectivity index (χ0) is 15.9. The van der Waals surface area contributed by atoms with E-state index in [1.54, 1.807) is 11.3 Å². The van der Waals surface area contributed by atoms with E-state index in [1.807, 2.05) is 18.2 Å². The van der Waals surface area contributed by atoms with E-state index in [4.69, 9.17) is 0 Å². The van der Waals surface area contributed by atoms with Gasteiger partial charge in [0.15, 0.2) is 0 Å². The van der Waals surface area contributed by atoms with Crippen molar-refractivity contribution < 1.29 is 4.79 Å². The first kappa shape index (κ1) is 15.6. The van der Waals surface area contributed by atoms with E-state index in [1.165, 1.54) is 21.2 Å². The zero-order valence-electron chi connectivity index (χ0n) is 12.9. The SMILES string of the molecule is O=C(NCCc1ccccc1)NCCc1csc2ccccc12. The van der Waals surface area contributed by atoms with Gasteiger partial charge in [-0.25, -0.2) is 4.79 Å². The highest BCUT2D eigenvalue weighted by molar-refractivity contribution is 7.17. The van der Waals surface area contributed by atoms with Crippen molar-refractivity contribution >= 4 is 27.5 Å². The number of carbonyl (C=O) groups is 1. The van der Waals surface area contributed by atoms with Gasteiger partial charge in [0.2, 0.25) is 0 Å². The third kappa shape index (κ3) is 4.33. The molecule has 3 aromatic rings. The van der Waals surface area contributed by atoms with E-state index < -0.39 is 0 Å². The Kier molecular flexibility index (Phi) is 5.27. The minimum atomic E-state index is -0.0968. The van der Waals surface area contributed by atoms with E-state index >= 15 is 0 Å². The molecule has 2 N–H and O–H groups in total. The third-order valence-electron chi connectivity index (χ3n) is 3.78. The van der Waals surface area contributed by atoms with Crippen LogP contribution in [0.4, 0.5) is 4.79 Å². The van der Waals surface area contributed by atoms with Crippen LogP contribution in [0, 0.1) is 0 Å². The number of carbonyl (C=O) groups excluding carboxylic acids is 1. The monoisotopic (exact) mass is 324 g/mol. The average Bonchev–Trinajstić information content (AvgIpc) is 2.99. The van der Waals surface area contributed by atoms with Gasteiger partial charge in [-0.2, -0.15) is 0 Å². The molecular weight excluding hydrogens is 304 g/mol. The van der Waals surface area contributed by atoms with Crippen molar-refractivity contribution in [2.45, 2.75) is 12.8 Å². The van der Waals surface area contributed by atoms with Crippen molar-refractivity contribution in [3.05, 3.63) is 71.1 Å². The first-order chi connectivity index (χ1) is 11.3. The number of amides is 2. The van der Waals surface area contributed by atoms with E-state index in [2.05, 4.69) is 52.4 Å². The number of hydrogen-bond acceptors (Lipinski definition) is 2. The second-order valence-electron chi connectivity index (χ2n) is 5.43. The van der Waals surface area contributed by atoms with Crippen LogP contribution in [0.25, 0.3) is 10.1 Å². The van der Waals surface area contributed by atoms with E-state index in [-0.39, 0.29) is 6.03 Å². The van der Waals surface area contributed by atoms with Crippen LogP contribution in [0.15, 0.2) is 60.0 Å². The minimum absolute atomic E-state index is 0.0968. The van der Waals surface area contributed by atoms with E-state index in [0.29, 0.717) is 13.1 Å². The summed E-state index contributed by atoms with van der Waals surface area (Å²) in [5.74, 6) is 0. The van der Waals surface area contributed by atoms with Crippen LogP contribution < -0.4 is 10.6 Å². The van der Waals surface area contributed by atoms with Crippen molar-refractivity contribution in [2.24, 2.45) is 0 Å². The summed E-state index contributed by atoms with van der Waals surface area (Å²) in [6.45, 7) is 1.30. The average molecular weight is 324 g/mol. The Morgan fingerprint density at radius 3 is 2.39 bits per heavy atom. The molecule has 0 saturated carbocycles. The molecule has 0 aliphatic carbocycles. The van der Waals surface area contributed by atoms with Crippen molar-refractivity contribution in [1.29, 1.82) is 0 Å². The molecule has 0 fully saturated rings. The summed E-state index contributed by atoms with van der Waals surface area (Å²) < 4.78 is 1.30. The smallest absolute Gasteiger partial charge is 0.314 e. The summed E-state index contributed by atoms with van der Waals surface area (Å²) in [4.78, 5) is 11.8. The van der Waals surface area contributed by atoms with Gasteiger partial charge in [0.05, 0.1) is 0 Å². The topological polar surface area (TPSA) is 41.1 Å². The Labute approximate surface area is 140 Å². The highest BCUT2D eigenvalue weighted by atomic mass is 32.1. The van der Waals surface area contributed by atoms with Crippen LogP contribution in [0.3, 0.4) is 0 Å². The summed E-state index contributed by atoms with van der Waals surface area (Å²) in [5.41, 5.74) is 2.53. The second-order valence-corrected chi connectivity index (χ2v) is 6.34. The molecule has 23 heavy (non-hydrogen) atoms. The first-order valence-corrected chi connectivity index (χ1v) is 8.71. The number of benzene rings is 2. The number of rotatable bonds is 6. The molecule has 0 radical (unpaired) electrons. The molecule has 1 heterocycles. The van der Waals surface area contributed by atoms with E-state index in [9.17, 15) is 4.79 Å². The molecule has 2 amide bonds. The van der Waals surface area contributed by atoms with Gasteiger partial charge in [-0.15, -0.1) is 11.3 Å². The normalized spacial score (nSPS) is 10.6. The number of thiophene rings is 1. The maximum Gasteiger partial charge on any atom is 0.314 e. The Morgan fingerprint density at radius 1 is 0.870 bits per heavy atom. The standard InChI is InChI=1S/C19H20N2OS/c22-19(20-12-10-15-6-2-1-3-7-15)21-13-11-16-14-23-18-9-5-4-8-17(16)18/h1-9,14H,10-13H2,(H2,20,21,22). The molecule has 4 heteroatoms. The quantitative estimate of drug-likeness (QED) is 0.707. The van der Waals surface area contributed by atoms with Gasteiger partial charge in [-0.3, -0.25) is 0 Å². The highest BCUT2D eigenvalue weighted by Gasteiger charge is 2.04. The minimum Gasteiger partial charge on any atom is -0.338 e. The number of fused-ring (bicyclic) bond motifs is 1. The molecule has 0 saturated heterocycles. The summed E-state index contributed by atoms with van der Waals surface area (Å²) >= 11 is 1.76. The molecule has 0 aliphatic heterocycles. The maximum atomic E-state index is 11.8. The van der Waals surface area contributed by atoms with Crippen LogP contribution in [0.2, 0.25) is 0 Å². The lowest BCUT2D eigenvalue weighted by Gasteiger charge is -2.07. The molecule has 0 unspecified atom stereocenters. The predicted molar refractivity (Wildman–Crippen MR) is 97.1 cm³/mol. The molecule has 1 aromatic heterocycles. The summed E-state index contributed by atoms with van der Waals surface area (Å²) in [7, 11) is 0. The molecular formula is C19H20N2OS. The summed E-state index contributed by atoms with van der Waals surface area (Å²) in [6, 6.07) is 18.5. The van der Waals surface area contributed by atoms with Gasteiger partial charge in [0.25, 0.3) is 0 Å². The van der Waals surface area contributed by atoms with Gasteiger partial charge in [-0.1, -0.05) is 48.5 Å². The second kappa shape index (κ2) is 7.79. The maximum absolute atomic E-state index is 11.8. The molecule has 0 bridgehead atoms. The van der Waals surface area contributed by atoms with Crippen molar-refractivity contribution in [1.82, 2.24) is 10.6 Å². The van der Waals surface area contributed by atoms with Crippen LogP contribution in [-0.4, -0.2) is 19.1 Å². The van der Waals surface area contributed by atoms with Gasteiger partial charge in [0.1, 0.15) is 0 Å².